The van der Waals surface area contributed by atoms with Gasteiger partial charge >= 0.3 is 12.0 Å². The average molecular weight is 1000 g/mol. The number of carbonyl (C=O) groups is 3. The van der Waals surface area contributed by atoms with Crippen molar-refractivity contribution in [3.63, 3.8) is 0 Å². The number of hydrogen-bond donors (Lipinski definition) is 4. The van der Waals surface area contributed by atoms with Crippen molar-refractivity contribution >= 4 is 62.4 Å². The molecule has 8 rings (SSSR count). The molecular formula is C51H76N12O7S. The summed E-state index contributed by atoms with van der Waals surface area (Å²) in [5.74, 6) is 2.38. The second-order valence-corrected chi connectivity index (χ2v) is 20.5. The largest absolute Gasteiger partial charge is 0.463 e. The van der Waals surface area contributed by atoms with Crippen LogP contribution in [0.2, 0.25) is 0 Å². The number of amides is 3. The van der Waals surface area contributed by atoms with E-state index in [4.69, 9.17) is 20.9 Å². The average Bonchev–Trinajstić information content (AvgIpc) is 4.25. The Morgan fingerprint density at radius 2 is 1.14 bits per heavy atom. The first-order valence-electron chi connectivity index (χ1n) is 24.2. The normalized spacial score (nSPS) is 15.3. The fourth-order valence-electron chi connectivity index (χ4n) is 8.07. The SMILES string of the molecule is C.C.CCCCOc1nc(N)c2c(n1)N(Cc1cccc(CN(CC3CC3)C(C)=O)c1)CCC(=O)N2.CCCCOc1nc(N)c2c(n1)N(Cc1cccc(CN(CC3CC3)S(C)(=O)=O)c1)CCC(=O)N2. The fraction of sp³-hybridized carbons (Fsp3) is 0.549. The fourth-order valence-corrected chi connectivity index (χ4v) is 8.93. The van der Waals surface area contributed by atoms with Gasteiger partial charge in [-0.3, -0.25) is 14.4 Å². The summed E-state index contributed by atoms with van der Waals surface area (Å²) in [6.45, 7) is 11.1. The van der Waals surface area contributed by atoms with Crippen molar-refractivity contribution in [1.82, 2.24) is 29.1 Å². The molecule has 388 valence electrons. The van der Waals surface area contributed by atoms with Crippen LogP contribution in [0.3, 0.4) is 0 Å². The Labute approximate surface area is 420 Å². The third-order valence-corrected chi connectivity index (χ3v) is 13.5. The Kier molecular flexibility index (Phi) is 20.2. The molecule has 19 nitrogen and oxygen atoms in total. The van der Waals surface area contributed by atoms with Gasteiger partial charge in [0.1, 0.15) is 11.4 Å². The van der Waals surface area contributed by atoms with Gasteiger partial charge in [-0.05, 0) is 72.6 Å². The molecule has 0 bridgehead atoms. The molecule has 2 aromatic carbocycles. The van der Waals surface area contributed by atoms with Crippen molar-refractivity contribution in [2.75, 3.05) is 77.5 Å². The summed E-state index contributed by atoms with van der Waals surface area (Å²) in [6.07, 6.45) is 10.2. The van der Waals surface area contributed by atoms with Crippen LogP contribution in [0.5, 0.6) is 12.0 Å². The lowest BCUT2D eigenvalue weighted by molar-refractivity contribution is -0.129. The molecule has 2 aliphatic carbocycles. The first-order chi connectivity index (χ1) is 33.1. The Balaban J connectivity index is 0.000000257. The highest BCUT2D eigenvalue weighted by Crippen LogP contribution is 2.36. The smallest absolute Gasteiger partial charge is 0.320 e. The molecule has 3 amide bonds. The molecule has 20 heteroatoms. The van der Waals surface area contributed by atoms with Gasteiger partial charge in [-0.15, -0.1) is 0 Å². The van der Waals surface area contributed by atoms with Gasteiger partial charge in [-0.2, -0.15) is 24.2 Å². The van der Waals surface area contributed by atoms with Crippen molar-refractivity contribution in [2.45, 2.75) is 126 Å². The zero-order chi connectivity index (χ0) is 49.1. The highest BCUT2D eigenvalue weighted by molar-refractivity contribution is 7.88. The van der Waals surface area contributed by atoms with Gasteiger partial charge in [0.15, 0.2) is 23.3 Å². The van der Waals surface area contributed by atoms with Gasteiger partial charge in [0, 0.05) is 72.1 Å². The van der Waals surface area contributed by atoms with Gasteiger partial charge in [-0.25, -0.2) is 8.42 Å². The van der Waals surface area contributed by atoms with Gasteiger partial charge in [0.25, 0.3) is 0 Å². The number of benzene rings is 2. The van der Waals surface area contributed by atoms with Crippen LogP contribution in [0.1, 0.15) is 122 Å². The predicted molar refractivity (Wildman–Crippen MR) is 280 cm³/mol. The topological polar surface area (TPSA) is 244 Å². The Bertz CT molecular complexity index is 2560. The molecule has 0 saturated heterocycles. The lowest BCUT2D eigenvalue weighted by Gasteiger charge is -2.25. The van der Waals surface area contributed by atoms with Crippen molar-refractivity contribution < 1.29 is 32.3 Å². The second-order valence-electron chi connectivity index (χ2n) is 18.5. The van der Waals surface area contributed by atoms with Gasteiger partial charge in [0.05, 0.1) is 19.5 Å². The van der Waals surface area contributed by atoms with Crippen LogP contribution in [-0.2, 0) is 50.6 Å². The number of ether oxygens (including phenoxy) is 2. The Morgan fingerprint density at radius 1 is 0.704 bits per heavy atom. The van der Waals surface area contributed by atoms with Crippen molar-refractivity contribution in [1.29, 1.82) is 0 Å². The number of hydrogen-bond acceptors (Lipinski definition) is 15. The lowest BCUT2D eigenvalue weighted by Crippen LogP contribution is -2.31. The lowest BCUT2D eigenvalue weighted by atomic mass is 10.1. The number of aromatic nitrogens is 4. The maximum absolute atomic E-state index is 12.3. The third kappa shape index (κ3) is 16.4. The van der Waals surface area contributed by atoms with Crippen LogP contribution in [0, 0.1) is 11.8 Å². The molecule has 2 aliphatic heterocycles. The summed E-state index contributed by atoms with van der Waals surface area (Å²) in [7, 11) is -3.30. The summed E-state index contributed by atoms with van der Waals surface area (Å²) in [5, 5.41) is 5.66. The summed E-state index contributed by atoms with van der Waals surface area (Å²) < 4.78 is 37.6. The minimum Gasteiger partial charge on any atom is -0.463 e. The molecule has 0 unspecified atom stereocenters. The number of anilines is 6. The van der Waals surface area contributed by atoms with Crippen LogP contribution in [-0.4, -0.2) is 101 Å². The van der Waals surface area contributed by atoms with E-state index in [1.54, 1.807) is 11.2 Å². The van der Waals surface area contributed by atoms with E-state index in [0.29, 0.717) is 100 Å². The number of nitrogens with two attached hydrogens (primary N) is 2. The Hall–Kier alpha value is -6.28. The number of nitrogens with zero attached hydrogens (tertiary/aromatic N) is 8. The number of nitrogen functional groups attached to an aromatic ring is 2. The van der Waals surface area contributed by atoms with E-state index in [9.17, 15) is 22.8 Å². The number of rotatable bonds is 21. The van der Waals surface area contributed by atoms with Gasteiger partial charge in [0.2, 0.25) is 27.7 Å². The number of sulfonamides is 1. The van der Waals surface area contributed by atoms with Crippen LogP contribution >= 0.6 is 0 Å². The maximum atomic E-state index is 12.3. The minimum atomic E-state index is -3.30. The van der Waals surface area contributed by atoms with E-state index in [0.717, 1.165) is 67.3 Å². The molecule has 6 N–H and O–H groups in total. The van der Waals surface area contributed by atoms with E-state index in [1.165, 1.54) is 19.1 Å². The second kappa shape index (κ2) is 25.7. The minimum absolute atomic E-state index is 0. The number of fused-ring (bicyclic) bond motifs is 2. The Morgan fingerprint density at radius 3 is 1.56 bits per heavy atom. The van der Waals surface area contributed by atoms with Crippen molar-refractivity contribution in [2.24, 2.45) is 11.8 Å². The molecule has 2 aromatic heterocycles. The highest BCUT2D eigenvalue weighted by atomic mass is 32.2. The summed E-state index contributed by atoms with van der Waals surface area (Å²) in [5.41, 5.74) is 17.2. The summed E-state index contributed by atoms with van der Waals surface area (Å²) in [4.78, 5) is 60.3. The van der Waals surface area contributed by atoms with Crippen molar-refractivity contribution in [3.8, 4) is 12.0 Å². The van der Waals surface area contributed by atoms with E-state index < -0.39 is 10.0 Å². The molecule has 2 saturated carbocycles. The van der Waals surface area contributed by atoms with Crippen LogP contribution < -0.4 is 41.4 Å². The summed E-state index contributed by atoms with van der Waals surface area (Å²) >= 11 is 0. The molecule has 0 atom stereocenters. The predicted octanol–water partition coefficient (Wildman–Crippen LogP) is 7.38. The number of carbonyl (C=O) groups excluding carboxylic acids is 3. The first-order valence-corrected chi connectivity index (χ1v) is 26.1. The van der Waals surface area contributed by atoms with Crippen LogP contribution in [0.25, 0.3) is 0 Å². The quantitative estimate of drug-likeness (QED) is 0.0595. The van der Waals surface area contributed by atoms with Gasteiger partial charge < -0.3 is 46.3 Å². The molecule has 0 spiro atoms. The maximum Gasteiger partial charge on any atom is 0.320 e. The standard InChI is InChI=1S/C25H34N6O3.C24H34N6O4S.2CH4/c1-3-4-12-34-25-28-23(26)22-24(29-25)30(11-10-21(33)27-22)15-19-6-5-7-20(13-19)16-31(17(2)32)14-18-8-9-18;1-3-4-12-34-24-27-22(25)21-23(28-24)29(11-10-20(31)26-21)14-18-6-5-7-19(13-18)16-30(35(2,32)33)15-17-8-9-17;;/h5-7,13,18H,3-4,8-12,14-16H2,1-2H3,(H,27,33)(H2,26,28,29);5-7,13,17H,3-4,8-12,14-16H2,1-2H3,(H,26,31)(H2,25,27,28);2*1H4. The zero-order valence-corrected chi connectivity index (χ0v) is 41.2. The van der Waals surface area contributed by atoms with Crippen molar-refractivity contribution in [3.05, 3.63) is 70.8 Å². The monoisotopic (exact) mass is 1000 g/mol. The number of nitrogens with one attached hydrogen (secondary N) is 2. The van der Waals surface area contributed by atoms with Gasteiger partial charge in [-0.1, -0.05) is 90.1 Å². The van der Waals surface area contributed by atoms with Crippen LogP contribution in [0.4, 0.5) is 34.6 Å². The number of unbranched alkanes of at least 4 members (excludes halogenated alkanes) is 2. The molecule has 0 radical (unpaired) electrons. The van der Waals surface area contributed by atoms with E-state index in [1.807, 2.05) is 57.2 Å². The third-order valence-electron chi connectivity index (χ3n) is 12.3. The zero-order valence-electron chi connectivity index (χ0n) is 40.4. The molecule has 4 heterocycles. The molecular weight excluding hydrogens is 925 g/mol. The van der Waals surface area contributed by atoms with E-state index >= 15 is 0 Å². The molecule has 2 fully saturated rings. The highest BCUT2D eigenvalue weighted by Gasteiger charge is 2.30. The molecule has 4 aliphatic rings. The van der Waals surface area contributed by atoms with Crippen LogP contribution in [0.15, 0.2) is 48.5 Å². The van der Waals surface area contributed by atoms with E-state index in [2.05, 4.69) is 50.5 Å². The first kappa shape index (κ1) is 55.6. The molecule has 4 aromatic rings. The molecule has 71 heavy (non-hydrogen) atoms. The van der Waals surface area contributed by atoms with E-state index in [-0.39, 0.29) is 62.7 Å². The summed E-state index contributed by atoms with van der Waals surface area (Å²) in [6, 6.07) is 16.5.